The van der Waals surface area contributed by atoms with Crippen molar-refractivity contribution in [1.82, 2.24) is 4.90 Å². The molecule has 1 rings (SSSR count). The molecule has 0 unspecified atom stereocenters. The summed E-state index contributed by atoms with van der Waals surface area (Å²) >= 11 is 0. The van der Waals surface area contributed by atoms with Gasteiger partial charge in [0, 0.05) is 12.6 Å². The van der Waals surface area contributed by atoms with Crippen LogP contribution in [0.25, 0.3) is 0 Å². The lowest BCUT2D eigenvalue weighted by molar-refractivity contribution is 0.0541. The SMILES string of the molecule is CCN(CC)CCCOc1ccc(N)c(OC(CC)(CC)CCN)c1. The van der Waals surface area contributed by atoms with Crippen LogP contribution in [0.2, 0.25) is 0 Å². The Kier molecular flexibility index (Phi) is 9.68. The van der Waals surface area contributed by atoms with Crippen molar-refractivity contribution in [2.75, 3.05) is 38.5 Å². The Morgan fingerprint density at radius 2 is 1.76 bits per heavy atom. The molecular formula is C20H37N3O2. The molecule has 0 saturated carbocycles. The summed E-state index contributed by atoms with van der Waals surface area (Å²) in [5.41, 5.74) is 12.3. The summed E-state index contributed by atoms with van der Waals surface area (Å²) in [6.07, 6.45) is 3.61. The molecule has 0 saturated heterocycles. The van der Waals surface area contributed by atoms with Crippen LogP contribution in [-0.4, -0.2) is 43.3 Å². The van der Waals surface area contributed by atoms with Crippen molar-refractivity contribution in [2.45, 2.75) is 59.0 Å². The molecule has 4 N–H and O–H groups in total. The molecule has 1 aromatic rings. The number of benzene rings is 1. The van der Waals surface area contributed by atoms with Crippen molar-refractivity contribution >= 4 is 5.69 Å². The van der Waals surface area contributed by atoms with Gasteiger partial charge >= 0.3 is 0 Å². The summed E-state index contributed by atoms with van der Waals surface area (Å²) in [6.45, 7) is 13.1. The van der Waals surface area contributed by atoms with Crippen LogP contribution in [0, 0.1) is 0 Å². The van der Waals surface area contributed by atoms with E-state index in [1.165, 1.54) is 0 Å². The number of anilines is 1. The molecule has 0 atom stereocenters. The van der Waals surface area contributed by atoms with Crippen LogP contribution in [0.15, 0.2) is 18.2 Å². The number of hydrogen-bond acceptors (Lipinski definition) is 5. The summed E-state index contributed by atoms with van der Waals surface area (Å²) < 4.78 is 12.2. The van der Waals surface area contributed by atoms with Crippen LogP contribution in [-0.2, 0) is 0 Å². The van der Waals surface area contributed by atoms with E-state index in [9.17, 15) is 0 Å². The summed E-state index contributed by atoms with van der Waals surface area (Å²) in [6, 6.07) is 5.67. The van der Waals surface area contributed by atoms with Crippen LogP contribution in [0.3, 0.4) is 0 Å². The van der Waals surface area contributed by atoms with Crippen molar-refractivity contribution < 1.29 is 9.47 Å². The average Bonchev–Trinajstić information content (AvgIpc) is 2.63. The van der Waals surface area contributed by atoms with Crippen LogP contribution in [0.4, 0.5) is 5.69 Å². The van der Waals surface area contributed by atoms with Crippen molar-refractivity contribution in [1.29, 1.82) is 0 Å². The van der Waals surface area contributed by atoms with Gasteiger partial charge in [-0.05, 0) is 57.5 Å². The monoisotopic (exact) mass is 351 g/mol. The number of nitrogens with zero attached hydrogens (tertiary/aromatic N) is 1. The first-order chi connectivity index (χ1) is 12.0. The predicted molar refractivity (Wildman–Crippen MR) is 106 cm³/mol. The molecule has 0 aliphatic carbocycles. The molecular weight excluding hydrogens is 314 g/mol. The van der Waals surface area contributed by atoms with Gasteiger partial charge in [0.2, 0.25) is 0 Å². The molecule has 0 aromatic heterocycles. The normalized spacial score (nSPS) is 11.8. The minimum Gasteiger partial charge on any atom is -0.493 e. The lowest BCUT2D eigenvalue weighted by atomic mass is 9.93. The number of ether oxygens (including phenoxy) is 2. The maximum atomic E-state index is 6.30. The molecule has 0 spiro atoms. The van der Waals surface area contributed by atoms with Gasteiger partial charge in [-0.1, -0.05) is 27.7 Å². The van der Waals surface area contributed by atoms with Gasteiger partial charge in [0.25, 0.3) is 0 Å². The van der Waals surface area contributed by atoms with Crippen LogP contribution >= 0.6 is 0 Å². The predicted octanol–water partition coefficient (Wildman–Crippen LogP) is 3.67. The topological polar surface area (TPSA) is 73.7 Å². The van der Waals surface area contributed by atoms with Crippen molar-refractivity contribution in [3.8, 4) is 11.5 Å². The third-order valence-electron chi connectivity index (χ3n) is 4.98. The third kappa shape index (κ3) is 6.75. The van der Waals surface area contributed by atoms with Crippen LogP contribution < -0.4 is 20.9 Å². The highest BCUT2D eigenvalue weighted by Crippen LogP contribution is 2.34. The van der Waals surface area contributed by atoms with E-state index in [-0.39, 0.29) is 5.60 Å². The number of rotatable bonds is 13. The summed E-state index contributed by atoms with van der Waals surface area (Å²) in [5.74, 6) is 1.50. The fraction of sp³-hybridized carbons (Fsp3) is 0.700. The van der Waals surface area contributed by atoms with Gasteiger partial charge in [0.15, 0.2) is 0 Å². The largest absolute Gasteiger partial charge is 0.493 e. The fourth-order valence-corrected chi connectivity index (χ4v) is 3.01. The van der Waals surface area contributed by atoms with E-state index in [0.29, 0.717) is 24.6 Å². The Bertz CT molecular complexity index is 486. The minimum absolute atomic E-state index is 0.260. The van der Waals surface area contributed by atoms with Gasteiger partial charge in [-0.3, -0.25) is 0 Å². The Morgan fingerprint density at radius 1 is 1.08 bits per heavy atom. The van der Waals surface area contributed by atoms with Crippen molar-refractivity contribution in [3.63, 3.8) is 0 Å². The number of nitrogen functional groups attached to an aromatic ring is 1. The second-order valence-corrected chi connectivity index (χ2v) is 6.46. The molecule has 5 heteroatoms. The molecule has 0 heterocycles. The number of hydrogen-bond donors (Lipinski definition) is 2. The second kappa shape index (κ2) is 11.2. The zero-order valence-electron chi connectivity index (χ0n) is 16.5. The smallest absolute Gasteiger partial charge is 0.146 e. The Balaban J connectivity index is 2.69. The fourth-order valence-electron chi connectivity index (χ4n) is 3.01. The van der Waals surface area contributed by atoms with E-state index in [2.05, 4.69) is 32.6 Å². The number of nitrogens with two attached hydrogens (primary N) is 2. The van der Waals surface area contributed by atoms with E-state index in [4.69, 9.17) is 20.9 Å². The first-order valence-electron chi connectivity index (χ1n) is 9.67. The van der Waals surface area contributed by atoms with Crippen molar-refractivity contribution in [3.05, 3.63) is 18.2 Å². The maximum Gasteiger partial charge on any atom is 0.146 e. The van der Waals surface area contributed by atoms with Gasteiger partial charge in [0.05, 0.1) is 12.3 Å². The maximum absolute atomic E-state index is 6.30. The van der Waals surface area contributed by atoms with Gasteiger partial charge in [-0.2, -0.15) is 0 Å². The van der Waals surface area contributed by atoms with E-state index in [1.54, 1.807) is 0 Å². The zero-order chi connectivity index (χ0) is 18.7. The van der Waals surface area contributed by atoms with Gasteiger partial charge in [-0.25, -0.2) is 0 Å². The van der Waals surface area contributed by atoms with Crippen LogP contribution in [0.5, 0.6) is 11.5 Å². The third-order valence-corrected chi connectivity index (χ3v) is 4.98. The average molecular weight is 352 g/mol. The molecule has 1 aromatic carbocycles. The highest BCUT2D eigenvalue weighted by atomic mass is 16.5. The molecule has 0 bridgehead atoms. The van der Waals surface area contributed by atoms with Gasteiger partial charge < -0.3 is 25.8 Å². The van der Waals surface area contributed by atoms with E-state index in [1.807, 2.05) is 18.2 Å². The van der Waals surface area contributed by atoms with Gasteiger partial charge in [-0.15, -0.1) is 0 Å². The molecule has 0 aliphatic heterocycles. The van der Waals surface area contributed by atoms with E-state index >= 15 is 0 Å². The second-order valence-electron chi connectivity index (χ2n) is 6.46. The Morgan fingerprint density at radius 3 is 2.32 bits per heavy atom. The molecule has 25 heavy (non-hydrogen) atoms. The van der Waals surface area contributed by atoms with Gasteiger partial charge in [0.1, 0.15) is 17.1 Å². The molecule has 0 fully saturated rings. The quantitative estimate of drug-likeness (QED) is 0.419. The first-order valence-corrected chi connectivity index (χ1v) is 9.67. The molecule has 0 radical (unpaired) electrons. The lowest BCUT2D eigenvalue weighted by Crippen LogP contribution is -2.37. The Labute approximate surface area is 153 Å². The standard InChI is InChI=1S/C20H37N3O2/c1-5-20(6-2,12-13-21)25-19-16-17(10-11-18(19)22)24-15-9-14-23(7-3)8-4/h10-11,16H,5-9,12-15,21-22H2,1-4H3. The van der Waals surface area contributed by atoms with E-state index < -0.39 is 0 Å². The first kappa shape index (κ1) is 21.6. The lowest BCUT2D eigenvalue weighted by Gasteiger charge is -2.33. The highest BCUT2D eigenvalue weighted by Gasteiger charge is 2.28. The van der Waals surface area contributed by atoms with Crippen LogP contribution in [0.1, 0.15) is 53.4 Å². The minimum atomic E-state index is -0.260. The molecule has 0 aliphatic rings. The molecule has 5 nitrogen and oxygen atoms in total. The molecule has 0 amide bonds. The Hall–Kier alpha value is -1.46. The van der Waals surface area contributed by atoms with E-state index in [0.717, 1.165) is 51.1 Å². The summed E-state index contributed by atoms with van der Waals surface area (Å²) in [5, 5.41) is 0. The molecule has 144 valence electrons. The van der Waals surface area contributed by atoms with Crippen molar-refractivity contribution in [2.24, 2.45) is 5.73 Å². The zero-order valence-corrected chi connectivity index (χ0v) is 16.5. The highest BCUT2D eigenvalue weighted by molar-refractivity contribution is 5.55. The summed E-state index contributed by atoms with van der Waals surface area (Å²) in [4.78, 5) is 2.39. The summed E-state index contributed by atoms with van der Waals surface area (Å²) in [7, 11) is 0.